The largest absolute Gasteiger partial charge is 0.465 e. The molecular formula is C12H14ClNO2. The highest BCUT2D eigenvalue weighted by molar-refractivity contribution is 6.33. The van der Waals surface area contributed by atoms with Gasteiger partial charge in [0.25, 0.3) is 0 Å². The molecule has 0 heterocycles. The number of methoxy groups -OCH3 is 1. The molecule has 2 N–H and O–H groups in total. The number of nitrogens with two attached hydrogens (primary N) is 1. The Bertz CT molecular complexity index is 415. The standard InChI is InChI=1S/C12H14ClNO2/c1-8(5-6-14)9-3-4-10(11(13)7-9)12(15)16-2/h3-4,7H,1,5-6,14H2,2H3. The van der Waals surface area contributed by atoms with Gasteiger partial charge >= 0.3 is 5.97 Å². The van der Waals surface area contributed by atoms with E-state index in [4.69, 9.17) is 17.3 Å². The van der Waals surface area contributed by atoms with Crippen molar-refractivity contribution < 1.29 is 9.53 Å². The second kappa shape index (κ2) is 5.68. The highest BCUT2D eigenvalue weighted by atomic mass is 35.5. The summed E-state index contributed by atoms with van der Waals surface area (Å²) in [5.41, 5.74) is 7.59. The van der Waals surface area contributed by atoms with Gasteiger partial charge < -0.3 is 10.5 Å². The summed E-state index contributed by atoms with van der Waals surface area (Å²) in [6.07, 6.45) is 0.702. The second-order valence-corrected chi connectivity index (χ2v) is 3.74. The molecule has 0 atom stereocenters. The Morgan fingerprint density at radius 1 is 1.56 bits per heavy atom. The first kappa shape index (κ1) is 12.7. The predicted octanol–water partition coefficient (Wildman–Crippen LogP) is 2.49. The van der Waals surface area contributed by atoms with E-state index in [9.17, 15) is 4.79 Å². The SMILES string of the molecule is C=C(CCN)c1ccc(C(=O)OC)c(Cl)c1. The fourth-order valence-corrected chi connectivity index (χ4v) is 1.59. The van der Waals surface area contributed by atoms with Crippen molar-refractivity contribution in [1.82, 2.24) is 0 Å². The van der Waals surface area contributed by atoms with Crippen LogP contribution in [-0.2, 0) is 4.74 Å². The molecule has 86 valence electrons. The van der Waals surface area contributed by atoms with Crippen LogP contribution in [0.25, 0.3) is 5.57 Å². The van der Waals surface area contributed by atoms with Crippen LogP contribution in [0, 0.1) is 0 Å². The zero-order chi connectivity index (χ0) is 12.1. The number of rotatable bonds is 4. The Morgan fingerprint density at radius 3 is 2.75 bits per heavy atom. The summed E-state index contributed by atoms with van der Waals surface area (Å²) in [4.78, 5) is 11.3. The van der Waals surface area contributed by atoms with Crippen LogP contribution in [-0.4, -0.2) is 19.6 Å². The molecule has 1 aromatic carbocycles. The molecule has 0 fully saturated rings. The molecule has 0 saturated heterocycles. The highest BCUT2D eigenvalue weighted by Gasteiger charge is 2.11. The van der Waals surface area contributed by atoms with E-state index in [1.165, 1.54) is 7.11 Å². The Balaban J connectivity index is 2.99. The van der Waals surface area contributed by atoms with Crippen LogP contribution in [0.2, 0.25) is 5.02 Å². The molecule has 16 heavy (non-hydrogen) atoms. The fraction of sp³-hybridized carbons (Fsp3) is 0.250. The van der Waals surface area contributed by atoms with Crippen molar-refractivity contribution in [2.24, 2.45) is 5.73 Å². The Kier molecular flexibility index (Phi) is 4.52. The number of benzene rings is 1. The summed E-state index contributed by atoms with van der Waals surface area (Å²) < 4.78 is 4.60. The lowest BCUT2D eigenvalue weighted by molar-refractivity contribution is 0.0601. The molecule has 0 spiro atoms. The van der Waals surface area contributed by atoms with Crippen molar-refractivity contribution in [3.05, 3.63) is 40.9 Å². The summed E-state index contributed by atoms with van der Waals surface area (Å²) in [5.74, 6) is -0.444. The summed E-state index contributed by atoms with van der Waals surface area (Å²) >= 11 is 5.97. The van der Waals surface area contributed by atoms with E-state index in [2.05, 4.69) is 11.3 Å². The number of hydrogen-bond acceptors (Lipinski definition) is 3. The molecule has 0 bridgehead atoms. The molecular weight excluding hydrogens is 226 g/mol. The van der Waals surface area contributed by atoms with E-state index in [0.29, 0.717) is 23.6 Å². The third-order valence-electron chi connectivity index (χ3n) is 2.23. The average molecular weight is 240 g/mol. The lowest BCUT2D eigenvalue weighted by Crippen LogP contribution is -2.03. The molecule has 0 aromatic heterocycles. The van der Waals surface area contributed by atoms with Crippen molar-refractivity contribution in [3.63, 3.8) is 0 Å². The number of halogens is 1. The van der Waals surface area contributed by atoms with Gasteiger partial charge in [0, 0.05) is 0 Å². The van der Waals surface area contributed by atoms with Gasteiger partial charge in [-0.1, -0.05) is 24.2 Å². The predicted molar refractivity (Wildman–Crippen MR) is 65.5 cm³/mol. The van der Waals surface area contributed by atoms with Crippen LogP contribution in [0.1, 0.15) is 22.3 Å². The lowest BCUT2D eigenvalue weighted by atomic mass is 10.0. The van der Waals surface area contributed by atoms with E-state index in [1.54, 1.807) is 18.2 Å². The summed E-state index contributed by atoms with van der Waals surface area (Å²) in [7, 11) is 1.32. The molecule has 0 aliphatic carbocycles. The van der Waals surface area contributed by atoms with Crippen molar-refractivity contribution in [1.29, 1.82) is 0 Å². The minimum absolute atomic E-state index is 0.355. The maximum Gasteiger partial charge on any atom is 0.339 e. The zero-order valence-corrected chi connectivity index (χ0v) is 9.88. The van der Waals surface area contributed by atoms with Gasteiger partial charge in [-0.2, -0.15) is 0 Å². The van der Waals surface area contributed by atoms with Crippen molar-refractivity contribution in [2.45, 2.75) is 6.42 Å². The van der Waals surface area contributed by atoms with Gasteiger partial charge in [-0.25, -0.2) is 4.79 Å². The normalized spacial score (nSPS) is 9.94. The van der Waals surface area contributed by atoms with E-state index in [-0.39, 0.29) is 0 Å². The molecule has 0 radical (unpaired) electrons. The van der Waals surface area contributed by atoms with Crippen LogP contribution in [0.4, 0.5) is 0 Å². The zero-order valence-electron chi connectivity index (χ0n) is 9.13. The first-order chi connectivity index (χ1) is 7.60. The average Bonchev–Trinajstić information content (AvgIpc) is 2.28. The molecule has 1 aromatic rings. The first-order valence-corrected chi connectivity index (χ1v) is 5.24. The van der Waals surface area contributed by atoms with Gasteiger partial charge in [-0.15, -0.1) is 0 Å². The van der Waals surface area contributed by atoms with Crippen LogP contribution >= 0.6 is 11.6 Å². The van der Waals surface area contributed by atoms with Gasteiger partial charge in [-0.3, -0.25) is 0 Å². The monoisotopic (exact) mass is 239 g/mol. The summed E-state index contributed by atoms with van der Waals surface area (Å²) in [5, 5.41) is 0.363. The molecule has 1 rings (SSSR count). The molecule has 0 unspecified atom stereocenters. The van der Waals surface area contributed by atoms with Gasteiger partial charge in [0.2, 0.25) is 0 Å². The maximum atomic E-state index is 11.3. The van der Waals surface area contributed by atoms with Crippen molar-refractivity contribution in [3.8, 4) is 0 Å². The highest BCUT2D eigenvalue weighted by Crippen LogP contribution is 2.23. The molecule has 0 aliphatic heterocycles. The third kappa shape index (κ3) is 2.84. The molecule has 4 heteroatoms. The van der Waals surface area contributed by atoms with Crippen molar-refractivity contribution in [2.75, 3.05) is 13.7 Å². The van der Waals surface area contributed by atoms with Crippen LogP contribution in [0.15, 0.2) is 24.8 Å². The van der Waals surface area contributed by atoms with E-state index in [1.807, 2.05) is 0 Å². The van der Waals surface area contributed by atoms with Gasteiger partial charge in [0.1, 0.15) is 0 Å². The van der Waals surface area contributed by atoms with E-state index in [0.717, 1.165) is 11.1 Å². The Labute approximate surface area is 99.8 Å². The molecule has 0 aliphatic rings. The maximum absolute atomic E-state index is 11.3. The summed E-state index contributed by atoms with van der Waals surface area (Å²) in [6, 6.07) is 5.12. The number of esters is 1. The van der Waals surface area contributed by atoms with Gasteiger partial charge in [0.15, 0.2) is 0 Å². The molecule has 0 saturated carbocycles. The topological polar surface area (TPSA) is 52.3 Å². The molecule has 0 amide bonds. The van der Waals surface area contributed by atoms with Crippen molar-refractivity contribution >= 4 is 23.1 Å². The number of ether oxygens (including phenoxy) is 1. The quantitative estimate of drug-likeness (QED) is 0.822. The minimum atomic E-state index is -0.444. The number of carbonyl (C=O) groups excluding carboxylic acids is 1. The van der Waals surface area contributed by atoms with Crippen LogP contribution in [0.5, 0.6) is 0 Å². The van der Waals surface area contributed by atoms with Gasteiger partial charge in [0.05, 0.1) is 17.7 Å². The fourth-order valence-electron chi connectivity index (χ4n) is 1.33. The first-order valence-electron chi connectivity index (χ1n) is 4.86. The summed E-state index contributed by atoms with van der Waals surface area (Å²) in [6.45, 7) is 4.43. The Morgan fingerprint density at radius 2 is 2.25 bits per heavy atom. The van der Waals surface area contributed by atoms with Gasteiger partial charge in [-0.05, 0) is 36.2 Å². The number of carbonyl (C=O) groups is 1. The minimum Gasteiger partial charge on any atom is -0.465 e. The van der Waals surface area contributed by atoms with E-state index >= 15 is 0 Å². The van der Waals surface area contributed by atoms with E-state index < -0.39 is 5.97 Å². The Hall–Kier alpha value is -1.32. The van der Waals surface area contributed by atoms with Crippen LogP contribution < -0.4 is 5.73 Å². The number of hydrogen-bond donors (Lipinski definition) is 1. The second-order valence-electron chi connectivity index (χ2n) is 3.33. The smallest absolute Gasteiger partial charge is 0.339 e. The third-order valence-corrected chi connectivity index (χ3v) is 2.54. The lowest BCUT2D eigenvalue weighted by Gasteiger charge is -2.07. The molecule has 3 nitrogen and oxygen atoms in total. The van der Waals surface area contributed by atoms with Crippen LogP contribution in [0.3, 0.4) is 0 Å².